The number of aromatic hydroxyl groups is 1. The van der Waals surface area contributed by atoms with E-state index in [1.165, 1.54) is 0 Å². The molecule has 1 aromatic carbocycles. The van der Waals surface area contributed by atoms with Crippen molar-refractivity contribution in [2.45, 2.75) is 64.6 Å². The SMILES string of the molecule is CCc1cc(O)cc(CC)c1OCCCCCOCC(OCC(F)(F)F)OCC(F)(F)F. The molecule has 1 aromatic rings. The topological polar surface area (TPSA) is 57.2 Å². The van der Waals surface area contributed by atoms with Gasteiger partial charge in [-0.2, -0.15) is 26.3 Å². The highest BCUT2D eigenvalue weighted by atomic mass is 19.4. The van der Waals surface area contributed by atoms with Crippen LogP contribution < -0.4 is 4.74 Å². The lowest BCUT2D eigenvalue weighted by Gasteiger charge is -2.20. The van der Waals surface area contributed by atoms with E-state index in [0.29, 0.717) is 38.7 Å². The molecule has 0 spiro atoms. The fraction of sp³-hybridized carbons (Fsp3) is 0.714. The molecule has 0 radical (unpaired) electrons. The van der Waals surface area contributed by atoms with Gasteiger partial charge in [-0.15, -0.1) is 0 Å². The Bertz CT molecular complexity index is 620. The lowest BCUT2D eigenvalue weighted by molar-refractivity contribution is -0.268. The quantitative estimate of drug-likeness (QED) is 0.204. The number of alkyl halides is 6. The van der Waals surface area contributed by atoms with Gasteiger partial charge in [0.2, 0.25) is 0 Å². The molecule has 32 heavy (non-hydrogen) atoms. The van der Waals surface area contributed by atoms with E-state index in [1.807, 2.05) is 13.8 Å². The van der Waals surface area contributed by atoms with E-state index in [2.05, 4.69) is 9.47 Å². The number of benzene rings is 1. The summed E-state index contributed by atoms with van der Waals surface area (Å²) in [6, 6.07) is 3.33. The molecule has 0 aliphatic heterocycles. The fourth-order valence-corrected chi connectivity index (χ4v) is 2.80. The average Bonchev–Trinajstić information content (AvgIpc) is 2.70. The highest BCUT2D eigenvalue weighted by Gasteiger charge is 2.33. The summed E-state index contributed by atoms with van der Waals surface area (Å²) in [5.41, 5.74) is 1.82. The van der Waals surface area contributed by atoms with Crippen molar-refractivity contribution in [1.82, 2.24) is 0 Å². The van der Waals surface area contributed by atoms with Crippen LogP contribution in [-0.2, 0) is 27.1 Å². The highest BCUT2D eigenvalue weighted by molar-refractivity contribution is 5.47. The van der Waals surface area contributed by atoms with E-state index >= 15 is 0 Å². The van der Waals surface area contributed by atoms with Crippen molar-refractivity contribution in [2.24, 2.45) is 0 Å². The summed E-state index contributed by atoms with van der Waals surface area (Å²) in [5.74, 6) is 0.954. The predicted octanol–water partition coefficient (Wildman–Crippen LogP) is 5.57. The maximum absolute atomic E-state index is 12.2. The summed E-state index contributed by atoms with van der Waals surface area (Å²) in [7, 11) is 0. The first kappa shape index (κ1) is 28.3. The summed E-state index contributed by atoms with van der Waals surface area (Å²) in [4.78, 5) is 0. The van der Waals surface area contributed by atoms with Gasteiger partial charge in [0.1, 0.15) is 24.7 Å². The van der Waals surface area contributed by atoms with Crippen LogP contribution in [0.3, 0.4) is 0 Å². The van der Waals surface area contributed by atoms with Crippen LogP contribution in [0.5, 0.6) is 11.5 Å². The van der Waals surface area contributed by atoms with Gasteiger partial charge < -0.3 is 24.1 Å². The van der Waals surface area contributed by atoms with Crippen molar-refractivity contribution >= 4 is 0 Å². The lowest BCUT2D eigenvalue weighted by Crippen LogP contribution is -2.32. The molecule has 11 heteroatoms. The van der Waals surface area contributed by atoms with Gasteiger partial charge in [0.15, 0.2) is 6.29 Å². The molecule has 0 bridgehead atoms. The summed E-state index contributed by atoms with van der Waals surface area (Å²) in [6.07, 6.45) is -7.84. The summed E-state index contributed by atoms with van der Waals surface area (Å²) >= 11 is 0. The smallest absolute Gasteiger partial charge is 0.411 e. The van der Waals surface area contributed by atoms with Crippen LogP contribution in [0, 0.1) is 0 Å². The summed E-state index contributed by atoms with van der Waals surface area (Å²) < 4.78 is 93.0. The second kappa shape index (κ2) is 13.7. The van der Waals surface area contributed by atoms with Gasteiger partial charge in [-0.3, -0.25) is 0 Å². The molecule has 0 fully saturated rings. The zero-order chi connectivity index (χ0) is 24.2. The van der Waals surface area contributed by atoms with Crippen LogP contribution in [0.25, 0.3) is 0 Å². The van der Waals surface area contributed by atoms with Crippen molar-refractivity contribution in [1.29, 1.82) is 0 Å². The second-order valence-corrected chi connectivity index (χ2v) is 7.07. The summed E-state index contributed by atoms with van der Waals surface area (Å²) in [5, 5.41) is 9.76. The van der Waals surface area contributed by atoms with Gasteiger partial charge in [0.25, 0.3) is 0 Å². The maximum Gasteiger partial charge on any atom is 0.411 e. The molecule has 0 aromatic heterocycles. The molecular weight excluding hydrogens is 446 g/mol. The minimum absolute atomic E-state index is 0.126. The molecule has 1 N–H and O–H groups in total. The zero-order valence-corrected chi connectivity index (χ0v) is 18.2. The van der Waals surface area contributed by atoms with Crippen LogP contribution >= 0.6 is 0 Å². The normalized spacial score (nSPS) is 12.5. The number of ether oxygens (including phenoxy) is 4. The van der Waals surface area contributed by atoms with Gasteiger partial charge in [-0.05, 0) is 55.4 Å². The lowest BCUT2D eigenvalue weighted by atomic mass is 10.0. The molecule has 0 aliphatic rings. The van der Waals surface area contributed by atoms with E-state index in [1.54, 1.807) is 12.1 Å². The number of phenols is 1. The van der Waals surface area contributed by atoms with Crippen LogP contribution in [0.15, 0.2) is 12.1 Å². The Kier molecular flexibility index (Phi) is 12.2. The third kappa shape index (κ3) is 12.4. The Balaban J connectivity index is 2.32. The molecular formula is C21H30F6O5. The van der Waals surface area contributed by atoms with Crippen molar-refractivity contribution in [3.63, 3.8) is 0 Å². The number of halogens is 6. The molecule has 0 amide bonds. The molecule has 0 atom stereocenters. The van der Waals surface area contributed by atoms with Crippen LogP contribution in [0.1, 0.15) is 44.2 Å². The molecule has 5 nitrogen and oxygen atoms in total. The second-order valence-electron chi connectivity index (χ2n) is 7.07. The Hall–Kier alpha value is -1.72. The monoisotopic (exact) mass is 476 g/mol. The number of hydrogen-bond donors (Lipinski definition) is 1. The van der Waals surface area contributed by atoms with Gasteiger partial charge in [-0.1, -0.05) is 13.8 Å². The molecule has 0 heterocycles. The molecule has 0 unspecified atom stereocenters. The Labute approximate surface area is 183 Å². The van der Waals surface area contributed by atoms with Crippen molar-refractivity contribution in [3.8, 4) is 11.5 Å². The Morgan fingerprint density at radius 3 is 1.78 bits per heavy atom. The van der Waals surface area contributed by atoms with E-state index < -0.39 is 38.5 Å². The number of rotatable bonds is 15. The molecule has 0 saturated heterocycles. The first-order valence-electron chi connectivity index (χ1n) is 10.4. The third-order valence-corrected chi connectivity index (χ3v) is 4.29. The minimum atomic E-state index is -4.69. The van der Waals surface area contributed by atoms with Crippen molar-refractivity contribution < 1.29 is 50.4 Å². The first-order valence-corrected chi connectivity index (χ1v) is 10.4. The Morgan fingerprint density at radius 1 is 0.812 bits per heavy atom. The maximum atomic E-state index is 12.2. The highest BCUT2D eigenvalue weighted by Crippen LogP contribution is 2.30. The van der Waals surface area contributed by atoms with Gasteiger partial charge >= 0.3 is 12.4 Å². The number of hydrogen-bond acceptors (Lipinski definition) is 5. The van der Waals surface area contributed by atoms with E-state index in [4.69, 9.17) is 9.47 Å². The minimum Gasteiger partial charge on any atom is -0.508 e. The van der Waals surface area contributed by atoms with Crippen molar-refractivity contribution in [2.75, 3.05) is 33.0 Å². The zero-order valence-electron chi connectivity index (χ0n) is 18.2. The largest absolute Gasteiger partial charge is 0.508 e. The number of unbranched alkanes of at least 4 members (excludes halogenated alkanes) is 2. The van der Waals surface area contributed by atoms with Crippen LogP contribution in [0.2, 0.25) is 0 Å². The fourth-order valence-electron chi connectivity index (χ4n) is 2.80. The Morgan fingerprint density at radius 2 is 1.31 bits per heavy atom. The number of aryl methyl sites for hydroxylation is 2. The van der Waals surface area contributed by atoms with Crippen LogP contribution in [-0.4, -0.2) is 56.8 Å². The van der Waals surface area contributed by atoms with Gasteiger partial charge in [0, 0.05) is 6.61 Å². The van der Waals surface area contributed by atoms with Gasteiger partial charge in [0.05, 0.1) is 13.2 Å². The third-order valence-electron chi connectivity index (χ3n) is 4.29. The standard InChI is InChI=1S/C21H30F6O5/c1-3-15-10-17(28)11-16(4-2)19(15)30-9-7-5-6-8-29-12-18(31-13-20(22,23)24)32-14-21(25,26)27/h10-11,18,28H,3-9,12-14H2,1-2H3. The van der Waals surface area contributed by atoms with Crippen molar-refractivity contribution in [3.05, 3.63) is 23.3 Å². The molecule has 0 saturated carbocycles. The van der Waals surface area contributed by atoms with E-state index in [0.717, 1.165) is 16.9 Å². The summed E-state index contributed by atoms with van der Waals surface area (Å²) in [6.45, 7) is 0.471. The van der Waals surface area contributed by atoms with Crippen LogP contribution in [0.4, 0.5) is 26.3 Å². The number of phenolic OH excluding ortho intramolecular Hbond substituents is 1. The van der Waals surface area contributed by atoms with E-state index in [-0.39, 0.29) is 12.4 Å². The molecule has 1 rings (SSSR count). The average molecular weight is 476 g/mol. The molecule has 0 aliphatic carbocycles. The molecule has 186 valence electrons. The van der Waals surface area contributed by atoms with Gasteiger partial charge in [-0.25, -0.2) is 0 Å². The first-order chi connectivity index (χ1) is 14.9. The predicted molar refractivity (Wildman–Crippen MR) is 105 cm³/mol. The van der Waals surface area contributed by atoms with E-state index in [9.17, 15) is 31.4 Å².